The van der Waals surface area contributed by atoms with Gasteiger partial charge in [0.15, 0.2) is 0 Å². The lowest BCUT2D eigenvalue weighted by molar-refractivity contribution is -0.135. The molecule has 1 saturated carbocycles. The lowest BCUT2D eigenvalue weighted by Gasteiger charge is -2.29. The summed E-state index contributed by atoms with van der Waals surface area (Å²) in [5.74, 6) is 0.452. The van der Waals surface area contributed by atoms with Crippen LogP contribution in [0.5, 0.6) is 0 Å². The first-order chi connectivity index (χ1) is 8.22. The van der Waals surface area contributed by atoms with Crippen LogP contribution in [0.4, 0.5) is 0 Å². The van der Waals surface area contributed by atoms with Gasteiger partial charge in [0.2, 0.25) is 5.91 Å². The smallest absolute Gasteiger partial charge is 0.223 e. The number of carbonyl (C=O) groups excluding carboxylic acids is 1. The second-order valence-electron chi connectivity index (χ2n) is 4.96. The lowest BCUT2D eigenvalue weighted by Crippen LogP contribution is -2.41. The van der Waals surface area contributed by atoms with Gasteiger partial charge >= 0.3 is 0 Å². The molecule has 1 atom stereocenters. The summed E-state index contributed by atoms with van der Waals surface area (Å²) in [6.45, 7) is 3.17. The van der Waals surface area contributed by atoms with Crippen LogP contribution in [-0.4, -0.2) is 41.7 Å². The summed E-state index contributed by atoms with van der Waals surface area (Å²) < 4.78 is 0. The molecule has 1 unspecified atom stereocenters. The Bertz CT molecular complexity index is 223. The van der Waals surface area contributed by atoms with E-state index in [-0.39, 0.29) is 18.4 Å². The van der Waals surface area contributed by atoms with Gasteiger partial charge in [-0.1, -0.05) is 26.2 Å². The summed E-state index contributed by atoms with van der Waals surface area (Å²) in [7, 11) is 0. The third kappa shape index (κ3) is 4.28. The Kier molecular flexibility index (Phi) is 6.52. The number of hydrogen-bond donors (Lipinski definition) is 2. The number of rotatable bonds is 7. The van der Waals surface area contributed by atoms with Crippen LogP contribution in [0.15, 0.2) is 0 Å². The zero-order valence-electron chi connectivity index (χ0n) is 10.9. The summed E-state index contributed by atoms with van der Waals surface area (Å²) in [5.41, 5.74) is 5.64. The molecule has 0 aromatic rings. The van der Waals surface area contributed by atoms with Crippen LogP contribution in [0.3, 0.4) is 0 Å². The highest BCUT2D eigenvalue weighted by molar-refractivity contribution is 5.76. The van der Waals surface area contributed by atoms with Crippen LogP contribution in [0.2, 0.25) is 0 Å². The zero-order valence-corrected chi connectivity index (χ0v) is 10.9. The molecule has 0 aliphatic heterocycles. The second kappa shape index (κ2) is 7.67. The van der Waals surface area contributed by atoms with Gasteiger partial charge in [0.05, 0.1) is 6.61 Å². The zero-order chi connectivity index (χ0) is 12.7. The van der Waals surface area contributed by atoms with Gasteiger partial charge in [0.25, 0.3) is 0 Å². The van der Waals surface area contributed by atoms with Gasteiger partial charge < -0.3 is 15.7 Å². The van der Waals surface area contributed by atoms with Crippen molar-refractivity contribution >= 4 is 5.91 Å². The lowest BCUT2D eigenvalue weighted by atomic mass is 10.0. The van der Waals surface area contributed by atoms with E-state index < -0.39 is 0 Å². The van der Waals surface area contributed by atoms with E-state index in [1.807, 2.05) is 4.90 Å². The molecule has 100 valence electrons. The molecule has 0 spiro atoms. The standard InChI is InChI=1S/C13H26N2O2/c1-2-11(10-14)9-13(17)15(7-8-16)12-5-3-4-6-12/h11-12,16H,2-10,14H2,1H3. The number of aliphatic hydroxyl groups excluding tert-OH is 1. The highest BCUT2D eigenvalue weighted by Gasteiger charge is 2.27. The van der Waals surface area contributed by atoms with E-state index in [2.05, 4.69) is 6.92 Å². The molecule has 0 bridgehead atoms. The molecule has 0 heterocycles. The van der Waals surface area contributed by atoms with E-state index >= 15 is 0 Å². The summed E-state index contributed by atoms with van der Waals surface area (Å²) in [6.07, 6.45) is 6.06. The Labute approximate surface area is 104 Å². The van der Waals surface area contributed by atoms with Crippen molar-refractivity contribution in [1.29, 1.82) is 0 Å². The van der Waals surface area contributed by atoms with E-state index in [4.69, 9.17) is 10.8 Å². The average Bonchev–Trinajstić information content (AvgIpc) is 2.86. The molecule has 1 amide bonds. The van der Waals surface area contributed by atoms with Crippen molar-refractivity contribution < 1.29 is 9.90 Å². The minimum absolute atomic E-state index is 0.0572. The number of nitrogens with two attached hydrogens (primary N) is 1. The van der Waals surface area contributed by atoms with Gasteiger partial charge in [-0.3, -0.25) is 4.79 Å². The normalized spacial score (nSPS) is 18.3. The van der Waals surface area contributed by atoms with Gasteiger partial charge in [-0.05, 0) is 25.3 Å². The predicted molar refractivity (Wildman–Crippen MR) is 68.5 cm³/mol. The van der Waals surface area contributed by atoms with Gasteiger partial charge in [0.1, 0.15) is 0 Å². The van der Waals surface area contributed by atoms with E-state index in [0.29, 0.717) is 25.6 Å². The highest BCUT2D eigenvalue weighted by Crippen LogP contribution is 2.24. The molecular weight excluding hydrogens is 216 g/mol. The van der Waals surface area contributed by atoms with Crippen molar-refractivity contribution in [3.63, 3.8) is 0 Å². The maximum absolute atomic E-state index is 12.2. The molecule has 0 radical (unpaired) electrons. The Morgan fingerprint density at radius 1 is 1.47 bits per heavy atom. The Morgan fingerprint density at radius 3 is 2.59 bits per heavy atom. The SMILES string of the molecule is CCC(CN)CC(=O)N(CCO)C1CCCC1. The first kappa shape index (κ1) is 14.5. The maximum atomic E-state index is 12.2. The van der Waals surface area contributed by atoms with Crippen molar-refractivity contribution in [1.82, 2.24) is 4.90 Å². The second-order valence-corrected chi connectivity index (χ2v) is 4.96. The van der Waals surface area contributed by atoms with E-state index in [1.54, 1.807) is 0 Å². The number of nitrogens with zero attached hydrogens (tertiary/aromatic N) is 1. The largest absolute Gasteiger partial charge is 0.395 e. The minimum atomic E-state index is 0.0572. The summed E-state index contributed by atoms with van der Waals surface area (Å²) in [5, 5.41) is 9.08. The van der Waals surface area contributed by atoms with Crippen LogP contribution < -0.4 is 5.73 Å². The maximum Gasteiger partial charge on any atom is 0.223 e. The van der Waals surface area contributed by atoms with Crippen molar-refractivity contribution in [2.24, 2.45) is 11.7 Å². The highest BCUT2D eigenvalue weighted by atomic mass is 16.3. The quantitative estimate of drug-likeness (QED) is 0.703. The van der Waals surface area contributed by atoms with Crippen LogP contribution in [0, 0.1) is 5.92 Å². The molecule has 0 saturated heterocycles. The van der Waals surface area contributed by atoms with Crippen LogP contribution in [0.25, 0.3) is 0 Å². The van der Waals surface area contributed by atoms with Crippen molar-refractivity contribution in [2.45, 2.75) is 51.5 Å². The van der Waals surface area contributed by atoms with Crippen LogP contribution in [-0.2, 0) is 4.79 Å². The van der Waals surface area contributed by atoms with E-state index in [1.165, 1.54) is 12.8 Å². The van der Waals surface area contributed by atoms with Gasteiger partial charge in [-0.2, -0.15) is 0 Å². The topological polar surface area (TPSA) is 66.6 Å². The van der Waals surface area contributed by atoms with Gasteiger partial charge in [0, 0.05) is 19.0 Å². The molecule has 1 aliphatic rings. The van der Waals surface area contributed by atoms with Crippen LogP contribution in [0.1, 0.15) is 45.4 Å². The summed E-state index contributed by atoms with van der Waals surface area (Å²) >= 11 is 0. The molecule has 1 aliphatic carbocycles. The summed E-state index contributed by atoms with van der Waals surface area (Å²) in [4.78, 5) is 14.1. The monoisotopic (exact) mass is 242 g/mol. The van der Waals surface area contributed by atoms with E-state index in [0.717, 1.165) is 19.3 Å². The molecule has 0 aromatic heterocycles. The Hall–Kier alpha value is -0.610. The number of amides is 1. The Morgan fingerprint density at radius 2 is 2.12 bits per heavy atom. The summed E-state index contributed by atoms with van der Waals surface area (Å²) in [6, 6.07) is 0.352. The first-order valence-corrected chi connectivity index (χ1v) is 6.83. The molecular formula is C13H26N2O2. The first-order valence-electron chi connectivity index (χ1n) is 6.83. The Balaban J connectivity index is 2.53. The fraction of sp³-hybridized carbons (Fsp3) is 0.923. The number of aliphatic hydroxyl groups is 1. The molecule has 3 N–H and O–H groups in total. The average molecular weight is 242 g/mol. The minimum Gasteiger partial charge on any atom is -0.395 e. The number of carbonyl (C=O) groups is 1. The van der Waals surface area contributed by atoms with Crippen molar-refractivity contribution in [3.05, 3.63) is 0 Å². The molecule has 4 heteroatoms. The molecule has 4 nitrogen and oxygen atoms in total. The third-order valence-electron chi connectivity index (χ3n) is 3.80. The molecule has 17 heavy (non-hydrogen) atoms. The van der Waals surface area contributed by atoms with E-state index in [9.17, 15) is 4.79 Å². The fourth-order valence-electron chi connectivity index (χ4n) is 2.59. The number of hydrogen-bond acceptors (Lipinski definition) is 3. The van der Waals surface area contributed by atoms with Crippen molar-refractivity contribution in [2.75, 3.05) is 19.7 Å². The van der Waals surface area contributed by atoms with Crippen molar-refractivity contribution in [3.8, 4) is 0 Å². The molecule has 1 fully saturated rings. The van der Waals surface area contributed by atoms with Gasteiger partial charge in [-0.25, -0.2) is 0 Å². The third-order valence-corrected chi connectivity index (χ3v) is 3.80. The van der Waals surface area contributed by atoms with Crippen LogP contribution >= 0.6 is 0 Å². The van der Waals surface area contributed by atoms with Gasteiger partial charge in [-0.15, -0.1) is 0 Å². The predicted octanol–water partition coefficient (Wildman–Crippen LogP) is 1.12. The molecule has 0 aromatic carbocycles. The fourth-order valence-corrected chi connectivity index (χ4v) is 2.59. The molecule has 1 rings (SSSR count).